The molecule has 23 heavy (non-hydrogen) atoms. The molecule has 1 aromatic carbocycles. The molecule has 0 spiro atoms. The fourth-order valence-electron chi connectivity index (χ4n) is 3.01. The van der Waals surface area contributed by atoms with Crippen molar-refractivity contribution in [2.24, 2.45) is 5.41 Å². The number of hydrogen-bond donors (Lipinski definition) is 0. The second-order valence-electron chi connectivity index (χ2n) is 7.75. The molecule has 0 N–H and O–H groups in total. The molecule has 0 radical (unpaired) electrons. The van der Waals surface area contributed by atoms with Gasteiger partial charge in [0.25, 0.3) is 0 Å². The molecule has 2 bridgehead atoms. The SMILES string of the molecule is CCCC12COC(c3ccc(C#[C][Ge]([CH3])([CH3])[CH3])cc3)(OC1)OC2. The van der Waals surface area contributed by atoms with Gasteiger partial charge >= 0.3 is 135 Å². The van der Waals surface area contributed by atoms with E-state index in [1.165, 1.54) is 0 Å². The molecule has 3 aliphatic rings. The third-order valence-corrected chi connectivity index (χ3v) is 6.14. The molecule has 3 saturated heterocycles. The summed E-state index contributed by atoms with van der Waals surface area (Å²) in [5.41, 5.74) is 2.00. The van der Waals surface area contributed by atoms with Crippen LogP contribution in [0.15, 0.2) is 24.3 Å². The van der Waals surface area contributed by atoms with Crippen LogP contribution in [0.25, 0.3) is 0 Å². The van der Waals surface area contributed by atoms with Crippen LogP contribution in [0.2, 0.25) is 17.3 Å². The second-order valence-corrected chi connectivity index (χ2v) is 17.7. The Morgan fingerprint density at radius 1 is 1.00 bits per heavy atom. The molecule has 0 unspecified atom stereocenters. The predicted octanol–water partition coefficient (Wildman–Crippen LogP) is 3.89. The third kappa shape index (κ3) is 3.66. The summed E-state index contributed by atoms with van der Waals surface area (Å²) in [6.07, 6.45) is 2.20. The molecule has 0 atom stereocenters. The minimum atomic E-state index is -1.83. The van der Waals surface area contributed by atoms with Gasteiger partial charge in [-0.1, -0.05) is 6.92 Å². The first-order valence-electron chi connectivity index (χ1n) is 8.42. The summed E-state index contributed by atoms with van der Waals surface area (Å²) >= 11 is -1.83. The van der Waals surface area contributed by atoms with Gasteiger partial charge in [-0.3, -0.25) is 0 Å². The van der Waals surface area contributed by atoms with E-state index in [1.54, 1.807) is 0 Å². The summed E-state index contributed by atoms with van der Waals surface area (Å²) in [4.78, 5) is 0. The van der Waals surface area contributed by atoms with E-state index >= 15 is 0 Å². The molecule has 3 nitrogen and oxygen atoms in total. The summed E-state index contributed by atoms with van der Waals surface area (Å²) in [5.74, 6) is 9.16. The van der Waals surface area contributed by atoms with E-state index in [9.17, 15) is 0 Å². The number of fused-ring (bicyclic) bond motifs is 3. The summed E-state index contributed by atoms with van der Waals surface area (Å²) in [6.45, 7) is 4.31. The Labute approximate surface area is 142 Å². The quantitative estimate of drug-likeness (QED) is 0.593. The molecule has 0 saturated carbocycles. The number of rotatable bonds is 3. The molecule has 0 amide bonds. The summed E-state index contributed by atoms with van der Waals surface area (Å²) in [5, 5.41) is 0. The molecule has 0 aromatic heterocycles. The standard InChI is InChI=1S/C19H26GeO3/c1-5-11-18-13-21-19(22-14-18,23-15-18)17-8-6-16(7-9-17)10-12-20(2,3)4/h6-9H,5,11,13-15H2,1-4H3. The Balaban J connectivity index is 1.75. The van der Waals surface area contributed by atoms with Gasteiger partial charge in [0, 0.05) is 0 Å². The molecule has 4 heteroatoms. The van der Waals surface area contributed by atoms with Gasteiger partial charge in [0.05, 0.1) is 0 Å². The fraction of sp³-hybridized carbons (Fsp3) is 0.579. The molecule has 3 fully saturated rings. The maximum absolute atomic E-state index is 5.99. The Morgan fingerprint density at radius 2 is 1.57 bits per heavy atom. The monoisotopic (exact) mass is 376 g/mol. The summed E-state index contributed by atoms with van der Waals surface area (Å²) < 4.78 is 21.4. The van der Waals surface area contributed by atoms with Crippen molar-refractivity contribution in [1.82, 2.24) is 0 Å². The first-order valence-corrected chi connectivity index (χ1v) is 15.8. The van der Waals surface area contributed by atoms with Gasteiger partial charge in [-0.2, -0.15) is 0 Å². The average molecular weight is 375 g/mol. The Morgan fingerprint density at radius 3 is 2.04 bits per heavy atom. The topological polar surface area (TPSA) is 27.7 Å². The van der Waals surface area contributed by atoms with Gasteiger partial charge in [0.2, 0.25) is 0 Å². The molecular weight excluding hydrogens is 349 g/mol. The summed E-state index contributed by atoms with van der Waals surface area (Å²) in [7, 11) is 0. The average Bonchev–Trinajstić information content (AvgIpc) is 2.55. The number of ether oxygens (including phenoxy) is 3. The first-order chi connectivity index (χ1) is 10.9. The zero-order chi connectivity index (χ0) is 16.6. The van der Waals surface area contributed by atoms with E-state index in [2.05, 4.69) is 34.9 Å². The van der Waals surface area contributed by atoms with Crippen molar-refractivity contribution in [2.75, 3.05) is 19.8 Å². The molecule has 1 aromatic rings. The van der Waals surface area contributed by atoms with Gasteiger partial charge < -0.3 is 0 Å². The van der Waals surface area contributed by atoms with Crippen LogP contribution in [-0.4, -0.2) is 33.1 Å². The van der Waals surface area contributed by atoms with Crippen molar-refractivity contribution >= 4 is 13.3 Å². The molecule has 3 aliphatic heterocycles. The van der Waals surface area contributed by atoms with Crippen LogP contribution in [0.3, 0.4) is 0 Å². The van der Waals surface area contributed by atoms with E-state index in [-0.39, 0.29) is 5.41 Å². The van der Waals surface area contributed by atoms with Crippen LogP contribution < -0.4 is 0 Å². The van der Waals surface area contributed by atoms with Crippen LogP contribution in [0.4, 0.5) is 0 Å². The van der Waals surface area contributed by atoms with Crippen LogP contribution >= 0.6 is 0 Å². The van der Waals surface area contributed by atoms with E-state index in [0.717, 1.165) is 24.0 Å². The zero-order valence-corrected chi connectivity index (χ0v) is 16.7. The summed E-state index contributed by atoms with van der Waals surface area (Å²) in [6, 6.07) is 8.09. The van der Waals surface area contributed by atoms with Crippen molar-refractivity contribution < 1.29 is 14.2 Å². The van der Waals surface area contributed by atoms with E-state index in [1.807, 2.05) is 24.3 Å². The maximum atomic E-state index is 5.99. The van der Waals surface area contributed by atoms with Crippen LogP contribution in [-0.2, 0) is 20.2 Å². The van der Waals surface area contributed by atoms with Crippen molar-refractivity contribution in [3.05, 3.63) is 35.4 Å². The van der Waals surface area contributed by atoms with Crippen molar-refractivity contribution in [2.45, 2.75) is 43.0 Å². The normalized spacial score (nSPS) is 29.9. The van der Waals surface area contributed by atoms with E-state index in [0.29, 0.717) is 19.8 Å². The van der Waals surface area contributed by atoms with Crippen molar-refractivity contribution in [3.8, 4) is 10.7 Å². The second kappa shape index (κ2) is 6.25. The van der Waals surface area contributed by atoms with Gasteiger partial charge in [0.1, 0.15) is 0 Å². The predicted molar refractivity (Wildman–Crippen MR) is 93.5 cm³/mol. The Kier molecular flexibility index (Phi) is 4.63. The van der Waals surface area contributed by atoms with E-state index in [4.69, 9.17) is 14.2 Å². The van der Waals surface area contributed by atoms with Gasteiger partial charge in [0.15, 0.2) is 0 Å². The van der Waals surface area contributed by atoms with Gasteiger partial charge in [-0.25, -0.2) is 0 Å². The molecule has 124 valence electrons. The Bertz CT molecular complexity index is 594. The van der Waals surface area contributed by atoms with Crippen LogP contribution in [0.1, 0.15) is 30.9 Å². The van der Waals surface area contributed by atoms with Crippen LogP contribution in [0.5, 0.6) is 0 Å². The number of hydrogen-bond acceptors (Lipinski definition) is 3. The van der Waals surface area contributed by atoms with Gasteiger partial charge in [-0.15, -0.1) is 0 Å². The molecular formula is C19H26GeO3. The minimum absolute atomic E-state index is 0.0425. The molecule has 0 aliphatic carbocycles. The molecule has 3 heterocycles. The Hall–Kier alpha value is -0.797. The first kappa shape index (κ1) is 17.0. The molecule has 4 rings (SSSR count). The van der Waals surface area contributed by atoms with Crippen molar-refractivity contribution in [1.29, 1.82) is 0 Å². The fourth-order valence-corrected chi connectivity index (χ4v) is 4.10. The number of benzene rings is 1. The zero-order valence-electron chi connectivity index (χ0n) is 14.6. The third-order valence-electron chi connectivity index (χ3n) is 4.31. The van der Waals surface area contributed by atoms with Gasteiger partial charge in [-0.05, 0) is 0 Å². The van der Waals surface area contributed by atoms with E-state index < -0.39 is 19.2 Å². The van der Waals surface area contributed by atoms with Crippen LogP contribution in [0, 0.1) is 16.1 Å². The van der Waals surface area contributed by atoms with Crippen molar-refractivity contribution in [3.63, 3.8) is 0 Å².